The van der Waals surface area contributed by atoms with Gasteiger partial charge in [-0.1, -0.05) is 0 Å². The summed E-state index contributed by atoms with van der Waals surface area (Å²) >= 11 is 0. The van der Waals surface area contributed by atoms with Crippen LogP contribution in [0.1, 0.15) is 26.3 Å². The van der Waals surface area contributed by atoms with Gasteiger partial charge in [0.05, 0.1) is 5.56 Å². The summed E-state index contributed by atoms with van der Waals surface area (Å²) in [4.78, 5) is 34.3. The summed E-state index contributed by atoms with van der Waals surface area (Å²) in [5.41, 5.74) is -1.61. The van der Waals surface area contributed by atoms with Crippen LogP contribution in [0.15, 0.2) is 11.0 Å². The number of hydrogen-bond donors (Lipinski definition) is 3. The molecule has 1 rings (SSSR count). The topological polar surface area (TPSA) is 107 Å². The largest absolute Gasteiger partial charge is 0.478 e. The Bertz CT molecular complexity index is 459. The van der Waals surface area contributed by atoms with Gasteiger partial charge in [0.25, 0.3) is 5.56 Å². The van der Waals surface area contributed by atoms with Gasteiger partial charge in [0.15, 0.2) is 0 Å². The van der Waals surface area contributed by atoms with E-state index in [9.17, 15) is 14.4 Å². The molecular formula is C8H7NO5. The second-order valence-electron chi connectivity index (χ2n) is 2.64. The summed E-state index contributed by atoms with van der Waals surface area (Å²) in [6.45, 7) is 1.28. The van der Waals surface area contributed by atoms with Gasteiger partial charge in [0, 0.05) is 6.20 Å². The average molecular weight is 197 g/mol. The highest BCUT2D eigenvalue weighted by molar-refractivity contribution is 5.95. The van der Waals surface area contributed by atoms with Crippen molar-refractivity contribution in [3.8, 4) is 0 Å². The Labute approximate surface area is 77.8 Å². The SMILES string of the molecule is Cc1c(C(=O)O)c[nH]c(=O)c1C(=O)O. The van der Waals surface area contributed by atoms with Crippen molar-refractivity contribution in [1.29, 1.82) is 0 Å². The first kappa shape index (κ1) is 9.97. The Morgan fingerprint density at radius 2 is 1.86 bits per heavy atom. The molecule has 0 atom stereocenters. The Balaban J connectivity index is 3.57. The molecule has 0 radical (unpaired) electrons. The zero-order chi connectivity index (χ0) is 10.9. The van der Waals surface area contributed by atoms with Gasteiger partial charge in [-0.25, -0.2) is 9.59 Å². The molecule has 6 nitrogen and oxygen atoms in total. The van der Waals surface area contributed by atoms with Gasteiger partial charge < -0.3 is 15.2 Å². The zero-order valence-corrected chi connectivity index (χ0v) is 7.20. The van der Waals surface area contributed by atoms with E-state index >= 15 is 0 Å². The molecule has 6 heteroatoms. The van der Waals surface area contributed by atoms with Gasteiger partial charge in [-0.3, -0.25) is 4.79 Å². The first-order chi connectivity index (χ1) is 6.45. The fourth-order valence-electron chi connectivity index (χ4n) is 1.10. The number of carboxylic acids is 2. The molecule has 0 fully saturated rings. The van der Waals surface area contributed by atoms with Crippen LogP contribution < -0.4 is 5.56 Å². The number of H-pyrrole nitrogens is 1. The van der Waals surface area contributed by atoms with Gasteiger partial charge in [-0.05, 0) is 12.5 Å². The second kappa shape index (κ2) is 3.33. The minimum atomic E-state index is -1.44. The van der Waals surface area contributed by atoms with Crippen LogP contribution in [0.2, 0.25) is 0 Å². The van der Waals surface area contributed by atoms with Crippen LogP contribution in [0, 0.1) is 6.92 Å². The van der Waals surface area contributed by atoms with Gasteiger partial charge in [0.2, 0.25) is 0 Å². The lowest BCUT2D eigenvalue weighted by atomic mass is 10.1. The van der Waals surface area contributed by atoms with Crippen LogP contribution >= 0.6 is 0 Å². The standard InChI is InChI=1S/C8H7NO5/c1-3-4(7(11)12)2-9-6(10)5(3)8(13)14/h2H,1H3,(H,9,10)(H,11,12)(H,13,14). The predicted molar refractivity (Wildman–Crippen MR) is 45.7 cm³/mol. The maximum absolute atomic E-state index is 11.0. The van der Waals surface area contributed by atoms with Crippen LogP contribution in [0.25, 0.3) is 0 Å². The van der Waals surface area contributed by atoms with Crippen LogP contribution in [0.3, 0.4) is 0 Å². The van der Waals surface area contributed by atoms with Crippen LogP contribution in [0.4, 0.5) is 0 Å². The quantitative estimate of drug-likeness (QED) is 0.622. The van der Waals surface area contributed by atoms with Crippen molar-refractivity contribution >= 4 is 11.9 Å². The average Bonchev–Trinajstić information content (AvgIpc) is 2.02. The Kier molecular flexibility index (Phi) is 2.37. The molecule has 0 aliphatic carbocycles. The van der Waals surface area contributed by atoms with Gasteiger partial charge in [-0.15, -0.1) is 0 Å². The molecule has 0 amide bonds. The third kappa shape index (κ3) is 1.49. The van der Waals surface area contributed by atoms with Crippen molar-refractivity contribution in [3.63, 3.8) is 0 Å². The summed E-state index contributed by atoms with van der Waals surface area (Å²) in [7, 11) is 0. The summed E-state index contributed by atoms with van der Waals surface area (Å²) in [5, 5.41) is 17.3. The zero-order valence-electron chi connectivity index (χ0n) is 7.20. The minimum absolute atomic E-state index is 0.0475. The van der Waals surface area contributed by atoms with E-state index in [-0.39, 0.29) is 11.1 Å². The molecule has 0 aliphatic heterocycles. The molecular weight excluding hydrogens is 190 g/mol. The fourth-order valence-corrected chi connectivity index (χ4v) is 1.10. The molecule has 0 saturated carbocycles. The summed E-state index contributed by atoms with van der Waals surface area (Å²) in [6.07, 6.45) is 0.979. The number of pyridine rings is 1. The van der Waals surface area contributed by atoms with Gasteiger partial charge in [-0.2, -0.15) is 0 Å². The minimum Gasteiger partial charge on any atom is -0.478 e. The molecule has 0 bridgehead atoms. The third-order valence-electron chi connectivity index (χ3n) is 1.80. The highest BCUT2D eigenvalue weighted by Crippen LogP contribution is 2.08. The Hall–Kier alpha value is -2.11. The van der Waals surface area contributed by atoms with E-state index in [4.69, 9.17) is 10.2 Å². The number of nitrogens with one attached hydrogen (secondary N) is 1. The van der Waals surface area contributed by atoms with E-state index in [1.54, 1.807) is 0 Å². The van der Waals surface area contributed by atoms with Crippen LogP contribution in [-0.4, -0.2) is 27.1 Å². The maximum atomic E-state index is 11.0. The summed E-state index contributed by atoms with van der Waals surface area (Å²) in [6, 6.07) is 0. The number of aromatic amines is 1. The maximum Gasteiger partial charge on any atom is 0.341 e. The third-order valence-corrected chi connectivity index (χ3v) is 1.80. The molecule has 3 N–H and O–H groups in total. The number of rotatable bonds is 2. The number of hydrogen-bond acceptors (Lipinski definition) is 3. The van der Waals surface area contributed by atoms with Gasteiger partial charge >= 0.3 is 11.9 Å². The Morgan fingerprint density at radius 3 is 2.29 bits per heavy atom. The molecule has 1 heterocycles. The highest BCUT2D eigenvalue weighted by atomic mass is 16.4. The van der Waals surface area contributed by atoms with Crippen molar-refractivity contribution < 1.29 is 19.8 Å². The van der Waals surface area contributed by atoms with Crippen LogP contribution in [0.5, 0.6) is 0 Å². The smallest absolute Gasteiger partial charge is 0.341 e. The first-order valence-corrected chi connectivity index (χ1v) is 3.64. The molecule has 0 spiro atoms. The summed E-state index contributed by atoms with van der Waals surface area (Å²) in [5.74, 6) is -2.71. The normalized spacial score (nSPS) is 9.79. The van der Waals surface area contributed by atoms with Gasteiger partial charge in [0.1, 0.15) is 5.56 Å². The van der Waals surface area contributed by atoms with Crippen molar-refractivity contribution in [3.05, 3.63) is 33.2 Å². The first-order valence-electron chi connectivity index (χ1n) is 3.64. The molecule has 74 valence electrons. The van der Waals surface area contributed by atoms with E-state index in [1.165, 1.54) is 6.92 Å². The van der Waals surface area contributed by atoms with Crippen molar-refractivity contribution in [2.24, 2.45) is 0 Å². The van der Waals surface area contributed by atoms with Crippen molar-refractivity contribution in [2.45, 2.75) is 6.92 Å². The number of aromatic carboxylic acids is 2. The molecule has 1 aromatic heterocycles. The fraction of sp³-hybridized carbons (Fsp3) is 0.125. The molecule has 0 unspecified atom stereocenters. The molecule has 0 saturated heterocycles. The van der Waals surface area contributed by atoms with E-state index in [2.05, 4.69) is 4.98 Å². The monoisotopic (exact) mass is 197 g/mol. The van der Waals surface area contributed by atoms with Crippen molar-refractivity contribution in [1.82, 2.24) is 4.98 Å². The lowest BCUT2D eigenvalue weighted by molar-refractivity contribution is 0.0694. The lowest BCUT2D eigenvalue weighted by Crippen LogP contribution is -2.21. The lowest BCUT2D eigenvalue weighted by Gasteiger charge is -2.02. The molecule has 1 aromatic rings. The van der Waals surface area contributed by atoms with E-state index < -0.39 is 23.1 Å². The van der Waals surface area contributed by atoms with Crippen molar-refractivity contribution in [2.75, 3.05) is 0 Å². The number of carboxylic acid groups (broad SMARTS) is 2. The predicted octanol–water partition coefficient (Wildman–Crippen LogP) is 0.0797. The van der Waals surface area contributed by atoms with Crippen LogP contribution in [-0.2, 0) is 0 Å². The highest BCUT2D eigenvalue weighted by Gasteiger charge is 2.18. The molecule has 0 aliphatic rings. The molecule has 0 aromatic carbocycles. The Morgan fingerprint density at radius 1 is 1.29 bits per heavy atom. The van der Waals surface area contributed by atoms with E-state index in [1.807, 2.05) is 0 Å². The number of aromatic nitrogens is 1. The number of carbonyl (C=O) groups is 2. The summed E-state index contributed by atoms with van der Waals surface area (Å²) < 4.78 is 0. The second-order valence-corrected chi connectivity index (χ2v) is 2.64. The van der Waals surface area contributed by atoms with E-state index in [0.29, 0.717) is 0 Å². The van der Waals surface area contributed by atoms with E-state index in [0.717, 1.165) is 6.20 Å². The molecule has 14 heavy (non-hydrogen) atoms.